The van der Waals surface area contributed by atoms with Gasteiger partial charge in [-0.05, 0) is 54.8 Å². The number of benzene rings is 3. The lowest BCUT2D eigenvalue weighted by Crippen LogP contribution is -2.43. The van der Waals surface area contributed by atoms with E-state index >= 15 is 0 Å². The van der Waals surface area contributed by atoms with E-state index in [1.807, 2.05) is 65.6 Å². The molecule has 9 nitrogen and oxygen atoms in total. The highest BCUT2D eigenvalue weighted by atomic mass is 16.5. The minimum Gasteiger partial charge on any atom is -0.489 e. The molecule has 1 fully saturated rings. The molecule has 4 rings (SSSR count). The third kappa shape index (κ3) is 10.2. The fourth-order valence-corrected chi connectivity index (χ4v) is 4.48. The van der Waals surface area contributed by atoms with Gasteiger partial charge in [-0.15, -0.1) is 0 Å². The minimum absolute atomic E-state index is 0.0114. The van der Waals surface area contributed by atoms with Crippen molar-refractivity contribution in [3.05, 3.63) is 102 Å². The van der Waals surface area contributed by atoms with Crippen LogP contribution in [-0.2, 0) is 34.1 Å². The fourth-order valence-electron chi connectivity index (χ4n) is 4.48. The van der Waals surface area contributed by atoms with Gasteiger partial charge < -0.3 is 25.0 Å². The van der Waals surface area contributed by atoms with E-state index in [1.165, 1.54) is 5.56 Å². The van der Waals surface area contributed by atoms with Crippen LogP contribution < -0.4 is 4.74 Å². The Morgan fingerprint density at radius 3 is 1.85 bits per heavy atom. The molecule has 0 spiro atoms. The molecule has 3 N–H and O–H groups in total. The normalized spacial score (nSPS) is 13.5. The Labute approximate surface area is 234 Å². The number of carbonyl (C=O) groups excluding carboxylic acids is 1. The molecule has 1 aliphatic rings. The third-order valence-corrected chi connectivity index (χ3v) is 6.60. The topological polar surface area (TPSA) is 128 Å². The van der Waals surface area contributed by atoms with E-state index in [1.54, 1.807) is 0 Å². The number of carboxylic acids is 2. The van der Waals surface area contributed by atoms with Gasteiger partial charge in [0.15, 0.2) is 0 Å². The van der Waals surface area contributed by atoms with Crippen molar-refractivity contribution in [2.75, 3.05) is 26.2 Å². The number of aliphatic hydroxyl groups is 1. The van der Waals surface area contributed by atoms with Gasteiger partial charge in [0.25, 0.3) is 0 Å². The van der Waals surface area contributed by atoms with Crippen LogP contribution >= 0.6 is 0 Å². The number of likely N-dealkylation sites (tertiary alicyclic amines) is 1. The first-order valence-electron chi connectivity index (χ1n) is 13.2. The predicted molar refractivity (Wildman–Crippen MR) is 149 cm³/mol. The Morgan fingerprint density at radius 1 is 0.775 bits per heavy atom. The molecule has 0 unspecified atom stereocenters. The van der Waals surface area contributed by atoms with Crippen LogP contribution in [0.25, 0.3) is 0 Å². The molecule has 1 heterocycles. The molecule has 0 aliphatic carbocycles. The summed E-state index contributed by atoms with van der Waals surface area (Å²) in [6, 6.07) is 28.5. The van der Waals surface area contributed by atoms with Crippen LogP contribution in [0.2, 0.25) is 0 Å². The first-order valence-corrected chi connectivity index (χ1v) is 13.2. The van der Waals surface area contributed by atoms with E-state index < -0.39 is 11.9 Å². The highest BCUT2D eigenvalue weighted by molar-refractivity contribution is 6.27. The summed E-state index contributed by atoms with van der Waals surface area (Å²) in [5, 5.41) is 24.3. The van der Waals surface area contributed by atoms with Crippen molar-refractivity contribution in [2.24, 2.45) is 5.92 Å². The molecule has 0 aromatic heterocycles. The monoisotopic (exact) mass is 548 g/mol. The second-order valence-electron chi connectivity index (χ2n) is 9.55. The molecule has 0 saturated carbocycles. The van der Waals surface area contributed by atoms with Crippen molar-refractivity contribution < 1.29 is 34.4 Å². The number of amides is 1. The highest BCUT2D eigenvalue weighted by Crippen LogP contribution is 2.23. The van der Waals surface area contributed by atoms with Crippen LogP contribution in [-0.4, -0.2) is 69.2 Å². The van der Waals surface area contributed by atoms with E-state index in [2.05, 4.69) is 29.2 Å². The summed E-state index contributed by atoms with van der Waals surface area (Å²) >= 11 is 0. The number of nitrogens with zero attached hydrogens (tertiary/aromatic N) is 2. The molecule has 0 bridgehead atoms. The Bertz CT molecular complexity index is 1180. The summed E-state index contributed by atoms with van der Waals surface area (Å²) in [5.41, 5.74) is 3.51. The largest absolute Gasteiger partial charge is 0.489 e. The second-order valence-corrected chi connectivity index (χ2v) is 9.55. The number of hydrogen-bond donors (Lipinski definition) is 3. The van der Waals surface area contributed by atoms with Crippen molar-refractivity contribution in [1.82, 2.24) is 9.80 Å². The van der Waals surface area contributed by atoms with Gasteiger partial charge in [0.2, 0.25) is 5.91 Å². The standard InChI is InChI=1S/C29H34N2O3.C2H2O4/c32-20-19-31(22-24-7-3-1-4-8-24)29(33)27-15-17-30(18-16-27)21-25-11-13-28(14-12-25)34-23-26-9-5-2-6-10-26;3-1(4)2(5)6/h1-14,27,32H,15-23H2;(H,3,4)(H,5,6). The van der Waals surface area contributed by atoms with Crippen LogP contribution in [0.3, 0.4) is 0 Å². The Kier molecular flexibility index (Phi) is 12.2. The maximum absolute atomic E-state index is 13.1. The summed E-state index contributed by atoms with van der Waals surface area (Å²) in [7, 11) is 0. The highest BCUT2D eigenvalue weighted by Gasteiger charge is 2.28. The molecule has 3 aromatic carbocycles. The average Bonchev–Trinajstić information content (AvgIpc) is 2.98. The number of aliphatic carboxylic acids is 2. The fraction of sp³-hybridized carbons (Fsp3) is 0.323. The van der Waals surface area contributed by atoms with Crippen molar-refractivity contribution in [2.45, 2.75) is 32.5 Å². The lowest BCUT2D eigenvalue weighted by atomic mass is 9.94. The van der Waals surface area contributed by atoms with Gasteiger partial charge in [0.1, 0.15) is 12.4 Å². The van der Waals surface area contributed by atoms with E-state index in [4.69, 9.17) is 24.5 Å². The Hall–Kier alpha value is -4.21. The molecule has 0 atom stereocenters. The molecule has 212 valence electrons. The summed E-state index contributed by atoms with van der Waals surface area (Å²) in [6.45, 7) is 4.18. The maximum atomic E-state index is 13.1. The van der Waals surface area contributed by atoms with Gasteiger partial charge in [-0.2, -0.15) is 0 Å². The molecule has 1 saturated heterocycles. The van der Waals surface area contributed by atoms with Crippen molar-refractivity contribution in [3.8, 4) is 5.75 Å². The van der Waals surface area contributed by atoms with Crippen LogP contribution in [0, 0.1) is 5.92 Å². The van der Waals surface area contributed by atoms with Gasteiger partial charge in [-0.3, -0.25) is 9.69 Å². The number of aliphatic hydroxyl groups excluding tert-OH is 1. The Morgan fingerprint density at radius 2 is 1.32 bits per heavy atom. The van der Waals surface area contributed by atoms with Gasteiger partial charge in [-0.25, -0.2) is 9.59 Å². The van der Waals surface area contributed by atoms with E-state index in [0.29, 0.717) is 19.7 Å². The van der Waals surface area contributed by atoms with Crippen LogP contribution in [0.5, 0.6) is 5.75 Å². The van der Waals surface area contributed by atoms with Gasteiger partial charge in [0, 0.05) is 25.6 Å². The third-order valence-electron chi connectivity index (χ3n) is 6.60. The quantitative estimate of drug-likeness (QED) is 0.328. The first-order chi connectivity index (χ1) is 19.4. The van der Waals surface area contributed by atoms with Gasteiger partial charge >= 0.3 is 11.9 Å². The zero-order chi connectivity index (χ0) is 28.7. The molecule has 40 heavy (non-hydrogen) atoms. The lowest BCUT2D eigenvalue weighted by molar-refractivity contribution is -0.159. The first kappa shape index (κ1) is 30.3. The predicted octanol–water partition coefficient (Wildman–Crippen LogP) is 3.65. The molecule has 1 amide bonds. The average molecular weight is 549 g/mol. The minimum atomic E-state index is -1.82. The van der Waals surface area contributed by atoms with Crippen LogP contribution in [0.4, 0.5) is 0 Å². The molecule has 0 radical (unpaired) electrons. The summed E-state index contributed by atoms with van der Waals surface area (Å²) in [6.07, 6.45) is 1.71. The molecular weight excluding hydrogens is 512 g/mol. The zero-order valence-electron chi connectivity index (χ0n) is 22.4. The zero-order valence-corrected chi connectivity index (χ0v) is 22.4. The van der Waals surface area contributed by atoms with Gasteiger partial charge in [0.05, 0.1) is 6.61 Å². The maximum Gasteiger partial charge on any atom is 0.414 e. The van der Waals surface area contributed by atoms with Gasteiger partial charge in [-0.1, -0.05) is 72.8 Å². The summed E-state index contributed by atoms with van der Waals surface area (Å²) in [5.74, 6) is -2.58. The molecule has 9 heteroatoms. The smallest absolute Gasteiger partial charge is 0.414 e. The Balaban J connectivity index is 0.000000663. The number of piperidine rings is 1. The van der Waals surface area contributed by atoms with Crippen LogP contribution in [0.1, 0.15) is 29.5 Å². The van der Waals surface area contributed by atoms with E-state index in [0.717, 1.165) is 49.4 Å². The number of carbonyl (C=O) groups is 3. The molecular formula is C31H36N2O7. The van der Waals surface area contributed by atoms with Crippen molar-refractivity contribution >= 4 is 17.8 Å². The molecule has 1 aliphatic heterocycles. The second kappa shape index (κ2) is 16.0. The number of rotatable bonds is 10. The number of carboxylic acid groups (broad SMARTS) is 2. The number of ether oxygens (including phenoxy) is 1. The van der Waals surface area contributed by atoms with Crippen molar-refractivity contribution in [3.63, 3.8) is 0 Å². The van der Waals surface area contributed by atoms with E-state index in [-0.39, 0.29) is 18.4 Å². The van der Waals surface area contributed by atoms with Crippen molar-refractivity contribution in [1.29, 1.82) is 0 Å². The lowest BCUT2D eigenvalue weighted by Gasteiger charge is -2.34. The van der Waals surface area contributed by atoms with Crippen LogP contribution in [0.15, 0.2) is 84.9 Å². The number of hydrogen-bond acceptors (Lipinski definition) is 6. The summed E-state index contributed by atoms with van der Waals surface area (Å²) < 4.78 is 5.89. The summed E-state index contributed by atoms with van der Waals surface area (Å²) in [4.78, 5) is 35.6. The molecule has 3 aromatic rings. The SMILES string of the molecule is O=C(C1CCN(Cc2ccc(OCc3ccccc3)cc2)CC1)N(CCO)Cc1ccccc1.O=C(O)C(=O)O. The van der Waals surface area contributed by atoms with E-state index in [9.17, 15) is 9.90 Å².